The number of piperidine rings is 1. The molecule has 0 spiro atoms. The van der Waals surface area contributed by atoms with Crippen LogP contribution in [0.5, 0.6) is 0 Å². The summed E-state index contributed by atoms with van der Waals surface area (Å²) in [4.78, 5) is 2.45. The Bertz CT molecular complexity index is 363. The van der Waals surface area contributed by atoms with E-state index in [2.05, 4.69) is 64.4 Å². The summed E-state index contributed by atoms with van der Waals surface area (Å²) in [5, 5.41) is 3.52. The molecule has 3 heteroatoms. The van der Waals surface area contributed by atoms with Gasteiger partial charge in [-0.3, -0.25) is 0 Å². The fourth-order valence-corrected chi connectivity index (χ4v) is 3.07. The molecule has 0 aliphatic carbocycles. The first-order valence-electron chi connectivity index (χ1n) is 6.80. The van der Waals surface area contributed by atoms with Crippen LogP contribution in [0.2, 0.25) is 0 Å². The summed E-state index contributed by atoms with van der Waals surface area (Å²) in [6.07, 6.45) is 2.62. The standard InChI is InChI=1S/C15H23BrN2/c1-12-9-14(7-8-17-12)11-18(2)10-13-3-5-15(16)6-4-13/h3-6,12,14,17H,7-11H2,1-2H3. The maximum Gasteiger partial charge on any atom is 0.0230 e. The molecule has 1 aromatic rings. The Morgan fingerprint density at radius 1 is 1.33 bits per heavy atom. The van der Waals surface area contributed by atoms with Crippen LogP contribution in [0.15, 0.2) is 28.7 Å². The number of halogens is 1. The van der Waals surface area contributed by atoms with E-state index in [1.807, 2.05) is 0 Å². The van der Waals surface area contributed by atoms with Gasteiger partial charge in [0.25, 0.3) is 0 Å². The average Bonchev–Trinajstić information content (AvgIpc) is 2.32. The number of nitrogens with one attached hydrogen (secondary N) is 1. The van der Waals surface area contributed by atoms with Crippen molar-refractivity contribution in [2.45, 2.75) is 32.4 Å². The van der Waals surface area contributed by atoms with Crippen LogP contribution in [-0.2, 0) is 6.54 Å². The Morgan fingerprint density at radius 3 is 2.72 bits per heavy atom. The van der Waals surface area contributed by atoms with Gasteiger partial charge < -0.3 is 10.2 Å². The van der Waals surface area contributed by atoms with Gasteiger partial charge in [-0.25, -0.2) is 0 Å². The average molecular weight is 311 g/mol. The van der Waals surface area contributed by atoms with Gasteiger partial charge in [-0.05, 0) is 57.0 Å². The molecule has 1 aliphatic rings. The molecule has 100 valence electrons. The predicted octanol–water partition coefficient (Wildman–Crippen LogP) is 3.27. The van der Waals surface area contributed by atoms with E-state index < -0.39 is 0 Å². The Kier molecular flexibility index (Phi) is 5.22. The fourth-order valence-electron chi connectivity index (χ4n) is 2.81. The normalized spacial score (nSPS) is 24.4. The summed E-state index contributed by atoms with van der Waals surface area (Å²) in [6.45, 7) is 5.73. The minimum Gasteiger partial charge on any atom is -0.314 e. The van der Waals surface area contributed by atoms with Crippen molar-refractivity contribution in [3.63, 3.8) is 0 Å². The Labute approximate surface area is 119 Å². The van der Waals surface area contributed by atoms with Crippen molar-refractivity contribution >= 4 is 15.9 Å². The van der Waals surface area contributed by atoms with E-state index in [1.165, 1.54) is 31.5 Å². The molecule has 1 saturated heterocycles. The third-order valence-corrected chi connectivity index (χ3v) is 4.20. The van der Waals surface area contributed by atoms with Crippen LogP contribution in [0.3, 0.4) is 0 Å². The quantitative estimate of drug-likeness (QED) is 0.918. The van der Waals surface area contributed by atoms with E-state index in [0.29, 0.717) is 6.04 Å². The lowest BCUT2D eigenvalue weighted by Crippen LogP contribution is -2.39. The third kappa shape index (κ3) is 4.38. The van der Waals surface area contributed by atoms with Gasteiger partial charge in [-0.15, -0.1) is 0 Å². The molecule has 1 N–H and O–H groups in total. The molecule has 1 heterocycles. The monoisotopic (exact) mass is 310 g/mol. The van der Waals surface area contributed by atoms with E-state index in [0.717, 1.165) is 16.9 Å². The molecule has 0 amide bonds. The lowest BCUT2D eigenvalue weighted by molar-refractivity contribution is 0.215. The zero-order valence-electron chi connectivity index (χ0n) is 11.3. The first-order chi connectivity index (χ1) is 8.63. The molecule has 0 radical (unpaired) electrons. The summed E-state index contributed by atoms with van der Waals surface area (Å²) < 4.78 is 1.15. The third-order valence-electron chi connectivity index (χ3n) is 3.67. The van der Waals surface area contributed by atoms with Crippen molar-refractivity contribution in [1.82, 2.24) is 10.2 Å². The summed E-state index contributed by atoms with van der Waals surface area (Å²) in [5.41, 5.74) is 1.39. The van der Waals surface area contributed by atoms with Crippen molar-refractivity contribution in [2.24, 2.45) is 5.92 Å². The first-order valence-corrected chi connectivity index (χ1v) is 7.59. The predicted molar refractivity (Wildman–Crippen MR) is 80.7 cm³/mol. The molecule has 2 atom stereocenters. The molecular formula is C15H23BrN2. The van der Waals surface area contributed by atoms with Gasteiger partial charge in [-0.1, -0.05) is 28.1 Å². The molecule has 1 aliphatic heterocycles. The number of rotatable bonds is 4. The molecule has 2 unspecified atom stereocenters. The highest BCUT2D eigenvalue weighted by molar-refractivity contribution is 9.10. The van der Waals surface area contributed by atoms with Gasteiger partial charge in [0.2, 0.25) is 0 Å². The van der Waals surface area contributed by atoms with E-state index >= 15 is 0 Å². The second-order valence-corrected chi connectivity index (χ2v) is 6.48. The van der Waals surface area contributed by atoms with Gasteiger partial charge in [0.15, 0.2) is 0 Å². The Hall–Kier alpha value is -0.380. The molecule has 1 aromatic carbocycles. The first kappa shape index (κ1) is 14.0. The van der Waals surface area contributed by atoms with Crippen molar-refractivity contribution in [1.29, 1.82) is 0 Å². The summed E-state index contributed by atoms with van der Waals surface area (Å²) in [7, 11) is 2.23. The maximum absolute atomic E-state index is 3.52. The van der Waals surface area contributed by atoms with E-state index in [1.54, 1.807) is 0 Å². The van der Waals surface area contributed by atoms with Crippen molar-refractivity contribution < 1.29 is 0 Å². The summed E-state index contributed by atoms with van der Waals surface area (Å²) in [5.74, 6) is 0.849. The minimum absolute atomic E-state index is 0.685. The lowest BCUT2D eigenvalue weighted by Gasteiger charge is -2.31. The van der Waals surface area contributed by atoms with Crippen LogP contribution in [0, 0.1) is 5.92 Å². The topological polar surface area (TPSA) is 15.3 Å². The highest BCUT2D eigenvalue weighted by Crippen LogP contribution is 2.18. The number of hydrogen-bond acceptors (Lipinski definition) is 2. The molecule has 2 nitrogen and oxygen atoms in total. The zero-order valence-corrected chi connectivity index (χ0v) is 12.9. The highest BCUT2D eigenvalue weighted by Gasteiger charge is 2.19. The SMILES string of the molecule is CC1CC(CN(C)Cc2ccc(Br)cc2)CCN1. The summed E-state index contributed by atoms with van der Waals surface area (Å²) >= 11 is 3.48. The molecule has 0 saturated carbocycles. The smallest absolute Gasteiger partial charge is 0.0230 e. The minimum atomic E-state index is 0.685. The fraction of sp³-hybridized carbons (Fsp3) is 0.600. The highest BCUT2D eigenvalue weighted by atomic mass is 79.9. The van der Waals surface area contributed by atoms with Gasteiger partial charge in [0, 0.05) is 23.6 Å². The second-order valence-electron chi connectivity index (χ2n) is 5.57. The van der Waals surface area contributed by atoms with Gasteiger partial charge >= 0.3 is 0 Å². The lowest BCUT2D eigenvalue weighted by atomic mass is 9.93. The van der Waals surface area contributed by atoms with Crippen molar-refractivity contribution in [3.8, 4) is 0 Å². The van der Waals surface area contributed by atoms with Gasteiger partial charge in [-0.2, -0.15) is 0 Å². The molecule has 0 bridgehead atoms. The molecule has 0 aromatic heterocycles. The maximum atomic E-state index is 3.52. The Balaban J connectivity index is 1.81. The van der Waals surface area contributed by atoms with Crippen LogP contribution >= 0.6 is 15.9 Å². The van der Waals surface area contributed by atoms with Crippen LogP contribution in [-0.4, -0.2) is 31.1 Å². The molecule has 1 fully saturated rings. The van der Waals surface area contributed by atoms with E-state index in [4.69, 9.17) is 0 Å². The molecule has 18 heavy (non-hydrogen) atoms. The second kappa shape index (κ2) is 6.69. The molecular weight excluding hydrogens is 288 g/mol. The van der Waals surface area contributed by atoms with Crippen molar-refractivity contribution in [2.75, 3.05) is 20.1 Å². The molecule has 2 rings (SSSR count). The number of benzene rings is 1. The number of hydrogen-bond donors (Lipinski definition) is 1. The number of nitrogens with zero attached hydrogens (tertiary/aromatic N) is 1. The van der Waals surface area contributed by atoms with Crippen molar-refractivity contribution in [3.05, 3.63) is 34.3 Å². The van der Waals surface area contributed by atoms with Gasteiger partial charge in [0.1, 0.15) is 0 Å². The Morgan fingerprint density at radius 2 is 2.06 bits per heavy atom. The van der Waals surface area contributed by atoms with E-state index in [-0.39, 0.29) is 0 Å². The van der Waals surface area contributed by atoms with Crippen LogP contribution in [0.1, 0.15) is 25.3 Å². The van der Waals surface area contributed by atoms with Crippen LogP contribution in [0.25, 0.3) is 0 Å². The zero-order chi connectivity index (χ0) is 13.0. The van der Waals surface area contributed by atoms with Crippen LogP contribution in [0.4, 0.5) is 0 Å². The van der Waals surface area contributed by atoms with E-state index in [9.17, 15) is 0 Å². The van der Waals surface area contributed by atoms with Crippen LogP contribution < -0.4 is 5.32 Å². The summed E-state index contributed by atoms with van der Waals surface area (Å²) in [6, 6.07) is 9.33. The largest absolute Gasteiger partial charge is 0.314 e. The van der Waals surface area contributed by atoms with Gasteiger partial charge in [0.05, 0.1) is 0 Å².